The molecule has 27 heavy (non-hydrogen) atoms. The summed E-state index contributed by atoms with van der Waals surface area (Å²) in [6, 6.07) is 15.4. The highest BCUT2D eigenvalue weighted by Crippen LogP contribution is 2.23. The van der Waals surface area contributed by atoms with Crippen LogP contribution in [0.4, 0.5) is 5.95 Å². The van der Waals surface area contributed by atoms with Crippen LogP contribution in [-0.4, -0.2) is 20.9 Å². The molecule has 0 unspecified atom stereocenters. The van der Waals surface area contributed by atoms with Crippen LogP contribution in [0.3, 0.4) is 0 Å². The summed E-state index contributed by atoms with van der Waals surface area (Å²) in [5.74, 6) is 0.932. The number of aryl methyl sites for hydroxylation is 1. The summed E-state index contributed by atoms with van der Waals surface area (Å²) in [6.45, 7) is 3.17. The lowest BCUT2D eigenvalue weighted by molar-refractivity contribution is 0.474. The Bertz CT molecular complexity index is 882. The molecule has 0 amide bonds. The molecule has 0 fully saturated rings. The topological polar surface area (TPSA) is 50.4 Å². The summed E-state index contributed by atoms with van der Waals surface area (Å²) in [7, 11) is 0. The molecule has 1 aromatic heterocycles. The predicted molar refractivity (Wildman–Crippen MR) is 113 cm³/mol. The third-order valence-corrected chi connectivity index (χ3v) is 4.88. The van der Waals surface area contributed by atoms with Gasteiger partial charge < -0.3 is 9.67 Å². The normalized spacial score (nSPS) is 11.6. The predicted octanol–water partition coefficient (Wildman–Crippen LogP) is 6.24. The van der Waals surface area contributed by atoms with Crippen LogP contribution in [0.15, 0.2) is 53.5 Å². The Balaban J connectivity index is 1.71. The third kappa shape index (κ3) is 5.19. The first kappa shape index (κ1) is 19.2. The van der Waals surface area contributed by atoms with E-state index in [1.807, 2.05) is 36.4 Å². The van der Waals surface area contributed by atoms with Crippen molar-refractivity contribution < 1.29 is 5.11 Å². The van der Waals surface area contributed by atoms with E-state index >= 15 is 0 Å². The van der Waals surface area contributed by atoms with Crippen LogP contribution < -0.4 is 0 Å². The fraction of sp³-hybridized carbons (Fsp3) is 0.391. The quantitative estimate of drug-likeness (QED) is 0.342. The second-order valence-electron chi connectivity index (χ2n) is 6.99. The van der Waals surface area contributed by atoms with E-state index in [1.54, 1.807) is 12.3 Å². The summed E-state index contributed by atoms with van der Waals surface area (Å²) in [5.41, 5.74) is 2.78. The summed E-state index contributed by atoms with van der Waals surface area (Å²) in [5, 5.41) is 9.94. The van der Waals surface area contributed by atoms with Crippen LogP contribution in [-0.2, 0) is 6.54 Å². The number of hydrogen-bond acceptors (Lipinski definition) is 3. The van der Waals surface area contributed by atoms with Gasteiger partial charge in [-0.2, -0.15) is 0 Å². The number of fused-ring (bicyclic) bond motifs is 1. The average Bonchev–Trinajstić information content (AvgIpc) is 3.04. The summed E-state index contributed by atoms with van der Waals surface area (Å²) >= 11 is 0. The molecule has 3 rings (SSSR count). The van der Waals surface area contributed by atoms with E-state index in [1.165, 1.54) is 38.5 Å². The van der Waals surface area contributed by atoms with Crippen LogP contribution in [0.1, 0.15) is 57.4 Å². The molecule has 0 aliphatic rings. The molecule has 0 saturated heterocycles. The van der Waals surface area contributed by atoms with Crippen molar-refractivity contribution in [1.82, 2.24) is 9.55 Å². The first-order chi connectivity index (χ1) is 13.3. The van der Waals surface area contributed by atoms with Crippen LogP contribution >= 0.6 is 0 Å². The molecule has 4 heteroatoms. The highest BCUT2D eigenvalue weighted by molar-refractivity contribution is 5.86. The van der Waals surface area contributed by atoms with Gasteiger partial charge in [0, 0.05) is 18.3 Å². The van der Waals surface area contributed by atoms with Crippen molar-refractivity contribution in [3.8, 4) is 5.75 Å². The number of aromatic nitrogens is 2. The molecule has 2 aromatic carbocycles. The fourth-order valence-corrected chi connectivity index (χ4v) is 3.33. The number of unbranched alkanes of at least 4 members (excludes halogenated alkanes) is 6. The number of benzene rings is 2. The van der Waals surface area contributed by atoms with E-state index < -0.39 is 0 Å². The maximum atomic E-state index is 9.94. The van der Waals surface area contributed by atoms with Crippen molar-refractivity contribution in [3.05, 3.63) is 54.1 Å². The Morgan fingerprint density at radius 3 is 2.44 bits per heavy atom. The third-order valence-electron chi connectivity index (χ3n) is 4.88. The van der Waals surface area contributed by atoms with Crippen molar-refractivity contribution in [2.75, 3.05) is 0 Å². The second-order valence-corrected chi connectivity index (χ2v) is 6.99. The fourth-order valence-electron chi connectivity index (χ4n) is 3.33. The molecule has 1 heterocycles. The second kappa shape index (κ2) is 9.91. The van der Waals surface area contributed by atoms with Crippen LogP contribution in [0.25, 0.3) is 11.0 Å². The van der Waals surface area contributed by atoms with E-state index in [-0.39, 0.29) is 5.75 Å². The van der Waals surface area contributed by atoms with Crippen LogP contribution in [0.5, 0.6) is 5.75 Å². The lowest BCUT2D eigenvalue weighted by Crippen LogP contribution is -1.98. The van der Waals surface area contributed by atoms with Crippen molar-refractivity contribution in [1.29, 1.82) is 0 Å². The number of imidazole rings is 1. The van der Waals surface area contributed by atoms with Gasteiger partial charge in [0.15, 0.2) is 0 Å². The van der Waals surface area contributed by atoms with Crippen molar-refractivity contribution in [2.24, 2.45) is 4.99 Å². The Kier molecular flexibility index (Phi) is 7.03. The SMILES string of the molecule is CCCCCCCCCn1c(/N=C/c2ccccc2O)nc2ccccc21. The van der Waals surface area contributed by atoms with Gasteiger partial charge in [0.25, 0.3) is 0 Å². The molecule has 0 bridgehead atoms. The maximum absolute atomic E-state index is 9.94. The minimum Gasteiger partial charge on any atom is -0.507 e. The number of aliphatic imine (C=N–C) groups is 1. The van der Waals surface area contributed by atoms with E-state index in [0.717, 1.165) is 24.0 Å². The summed E-state index contributed by atoms with van der Waals surface area (Å²) in [4.78, 5) is 9.26. The Morgan fingerprint density at radius 1 is 0.926 bits per heavy atom. The largest absolute Gasteiger partial charge is 0.507 e. The molecule has 3 aromatic rings. The minimum atomic E-state index is 0.232. The van der Waals surface area contributed by atoms with Crippen LogP contribution in [0, 0.1) is 0 Å². The lowest BCUT2D eigenvalue weighted by Gasteiger charge is -2.07. The zero-order valence-electron chi connectivity index (χ0n) is 16.1. The number of nitrogens with zero attached hydrogens (tertiary/aromatic N) is 3. The van der Waals surface area contributed by atoms with E-state index in [0.29, 0.717) is 11.5 Å². The average molecular weight is 364 g/mol. The molecule has 0 radical (unpaired) electrons. The van der Waals surface area contributed by atoms with E-state index in [4.69, 9.17) is 0 Å². The van der Waals surface area contributed by atoms with Gasteiger partial charge >= 0.3 is 0 Å². The highest BCUT2D eigenvalue weighted by atomic mass is 16.3. The molecule has 0 saturated carbocycles. The van der Waals surface area contributed by atoms with Gasteiger partial charge in [-0.3, -0.25) is 0 Å². The molecule has 0 atom stereocenters. The van der Waals surface area contributed by atoms with Crippen molar-refractivity contribution in [2.45, 2.75) is 58.4 Å². The Labute approximate surface area is 161 Å². The standard InChI is InChI=1S/C23H29N3O/c1-2-3-4-5-6-7-12-17-26-21-15-10-9-14-20(21)25-23(26)24-18-19-13-8-11-16-22(19)27/h8-11,13-16,18,27H,2-7,12,17H2,1H3/b24-18+. The van der Waals surface area contributed by atoms with Gasteiger partial charge in [0.1, 0.15) is 5.75 Å². The minimum absolute atomic E-state index is 0.232. The molecule has 0 spiro atoms. The van der Waals surface area contributed by atoms with Gasteiger partial charge in [-0.15, -0.1) is 0 Å². The summed E-state index contributed by atoms with van der Waals surface area (Å²) < 4.78 is 2.19. The smallest absolute Gasteiger partial charge is 0.230 e. The monoisotopic (exact) mass is 363 g/mol. The zero-order chi connectivity index (χ0) is 18.9. The first-order valence-electron chi connectivity index (χ1n) is 10.1. The molecule has 1 N–H and O–H groups in total. The molecule has 4 nitrogen and oxygen atoms in total. The Hall–Kier alpha value is -2.62. The number of phenolic OH excluding ortho intramolecular Hbond substituents is 1. The molecule has 0 aliphatic heterocycles. The number of hydrogen-bond donors (Lipinski definition) is 1. The van der Waals surface area contributed by atoms with Gasteiger partial charge in [-0.25, -0.2) is 9.98 Å². The van der Waals surface area contributed by atoms with E-state index in [9.17, 15) is 5.11 Å². The van der Waals surface area contributed by atoms with Gasteiger partial charge in [0.05, 0.1) is 11.0 Å². The first-order valence-corrected chi connectivity index (χ1v) is 10.1. The molecular formula is C23H29N3O. The van der Waals surface area contributed by atoms with E-state index in [2.05, 4.69) is 27.5 Å². The number of rotatable bonds is 10. The van der Waals surface area contributed by atoms with Gasteiger partial charge in [0.2, 0.25) is 5.95 Å². The molecule has 142 valence electrons. The van der Waals surface area contributed by atoms with Gasteiger partial charge in [-0.1, -0.05) is 69.7 Å². The maximum Gasteiger partial charge on any atom is 0.230 e. The molecular weight excluding hydrogens is 334 g/mol. The number of aromatic hydroxyl groups is 1. The van der Waals surface area contributed by atoms with Gasteiger partial charge in [-0.05, 0) is 30.7 Å². The molecule has 0 aliphatic carbocycles. The summed E-state index contributed by atoms with van der Waals surface area (Å²) in [6.07, 6.45) is 10.7. The van der Waals surface area contributed by atoms with Crippen molar-refractivity contribution >= 4 is 23.2 Å². The van der Waals surface area contributed by atoms with Crippen LogP contribution in [0.2, 0.25) is 0 Å². The number of para-hydroxylation sites is 3. The van der Waals surface area contributed by atoms with Crippen molar-refractivity contribution in [3.63, 3.8) is 0 Å². The zero-order valence-corrected chi connectivity index (χ0v) is 16.1. The highest BCUT2D eigenvalue weighted by Gasteiger charge is 2.09. The Morgan fingerprint density at radius 2 is 1.63 bits per heavy atom. The number of phenols is 1. The lowest BCUT2D eigenvalue weighted by atomic mass is 10.1.